The molecule has 1 unspecified atom stereocenters. The Labute approximate surface area is 139 Å². The number of nitrogens with zero attached hydrogens (tertiary/aromatic N) is 1. The van der Waals surface area contributed by atoms with Crippen LogP contribution in [-0.2, 0) is 4.79 Å². The van der Waals surface area contributed by atoms with Gasteiger partial charge in [-0.15, -0.1) is 0 Å². The molecular formula is C21H27NO. The van der Waals surface area contributed by atoms with Crippen molar-refractivity contribution in [3.8, 4) is 0 Å². The Balaban J connectivity index is 1.89. The van der Waals surface area contributed by atoms with Crippen LogP contribution < -0.4 is 0 Å². The van der Waals surface area contributed by atoms with Gasteiger partial charge in [-0.05, 0) is 76.4 Å². The Morgan fingerprint density at radius 1 is 1.17 bits per heavy atom. The van der Waals surface area contributed by atoms with Crippen LogP contribution >= 0.6 is 0 Å². The van der Waals surface area contributed by atoms with Gasteiger partial charge in [0, 0.05) is 0 Å². The molecule has 0 bridgehead atoms. The Hall–Kier alpha value is -1.67. The van der Waals surface area contributed by atoms with Gasteiger partial charge < -0.3 is 4.90 Å². The summed E-state index contributed by atoms with van der Waals surface area (Å²) in [6.45, 7) is 0.974. The third kappa shape index (κ3) is 3.32. The highest BCUT2D eigenvalue weighted by molar-refractivity contribution is 6.07. The molecule has 0 N–H and O–H groups in total. The van der Waals surface area contributed by atoms with Gasteiger partial charge in [-0.1, -0.05) is 42.0 Å². The second-order valence-electron chi connectivity index (χ2n) is 7.17. The Morgan fingerprint density at radius 2 is 1.96 bits per heavy atom. The average Bonchev–Trinajstić information content (AvgIpc) is 3.18. The lowest BCUT2D eigenvalue weighted by Gasteiger charge is -2.30. The van der Waals surface area contributed by atoms with Crippen molar-refractivity contribution in [2.24, 2.45) is 5.41 Å². The van der Waals surface area contributed by atoms with Gasteiger partial charge in [-0.25, -0.2) is 0 Å². The van der Waals surface area contributed by atoms with Crippen molar-refractivity contribution in [2.45, 2.75) is 38.5 Å². The monoisotopic (exact) mass is 309 g/mol. The molecule has 0 aliphatic heterocycles. The average molecular weight is 309 g/mol. The number of hydrogen-bond acceptors (Lipinski definition) is 2. The molecule has 0 saturated heterocycles. The van der Waals surface area contributed by atoms with Crippen molar-refractivity contribution in [2.75, 3.05) is 20.6 Å². The van der Waals surface area contributed by atoms with E-state index in [1.165, 1.54) is 12.0 Å². The van der Waals surface area contributed by atoms with Crippen LogP contribution in [0, 0.1) is 5.41 Å². The molecule has 23 heavy (non-hydrogen) atoms. The fourth-order valence-corrected chi connectivity index (χ4v) is 4.00. The minimum absolute atomic E-state index is 0.221. The standard InChI is InChI=1S/C21H27NO/c1-22(2)15-14-21(19-10-6-7-11-19)13-12-18(20(21)23)16-17-8-4-3-5-9-17/h3-5,8-10,16H,6-7,11-15H2,1-2H3. The normalized spacial score (nSPS) is 26.3. The van der Waals surface area contributed by atoms with Crippen LogP contribution in [0.3, 0.4) is 0 Å². The van der Waals surface area contributed by atoms with Crippen molar-refractivity contribution < 1.29 is 4.79 Å². The SMILES string of the molecule is CN(C)CCC1(C2=CCCC2)CCC(=Cc2ccccc2)C1=O. The Bertz CT molecular complexity index is 627. The molecule has 0 spiro atoms. The van der Waals surface area contributed by atoms with E-state index in [1.54, 1.807) is 0 Å². The summed E-state index contributed by atoms with van der Waals surface area (Å²) >= 11 is 0. The molecule has 3 rings (SSSR count). The van der Waals surface area contributed by atoms with Crippen LogP contribution in [-0.4, -0.2) is 31.3 Å². The molecule has 1 saturated carbocycles. The van der Waals surface area contributed by atoms with Crippen LogP contribution in [0.5, 0.6) is 0 Å². The first-order valence-corrected chi connectivity index (χ1v) is 8.76. The van der Waals surface area contributed by atoms with Gasteiger partial charge >= 0.3 is 0 Å². The van der Waals surface area contributed by atoms with E-state index in [4.69, 9.17) is 0 Å². The molecule has 2 nitrogen and oxygen atoms in total. The highest BCUT2D eigenvalue weighted by Crippen LogP contribution is 2.50. The predicted molar refractivity (Wildman–Crippen MR) is 96.2 cm³/mol. The Kier molecular flexibility index (Phi) is 4.82. The van der Waals surface area contributed by atoms with Crippen molar-refractivity contribution in [3.05, 3.63) is 53.1 Å². The molecule has 122 valence electrons. The van der Waals surface area contributed by atoms with E-state index in [0.717, 1.165) is 49.8 Å². The first-order chi connectivity index (χ1) is 11.1. The van der Waals surface area contributed by atoms with Gasteiger partial charge in [-0.2, -0.15) is 0 Å². The summed E-state index contributed by atoms with van der Waals surface area (Å²) in [6, 6.07) is 10.2. The fourth-order valence-electron chi connectivity index (χ4n) is 4.00. The molecule has 0 heterocycles. The van der Waals surface area contributed by atoms with Gasteiger partial charge in [0.1, 0.15) is 0 Å². The molecule has 1 atom stereocenters. The van der Waals surface area contributed by atoms with Crippen molar-refractivity contribution in [3.63, 3.8) is 0 Å². The van der Waals surface area contributed by atoms with Crippen LogP contribution in [0.25, 0.3) is 6.08 Å². The molecule has 1 aromatic carbocycles. The molecule has 2 aliphatic rings. The van der Waals surface area contributed by atoms with Gasteiger partial charge in [0.2, 0.25) is 0 Å². The van der Waals surface area contributed by atoms with E-state index in [9.17, 15) is 4.79 Å². The van der Waals surface area contributed by atoms with Crippen LogP contribution in [0.4, 0.5) is 0 Å². The van der Waals surface area contributed by atoms with Crippen molar-refractivity contribution in [1.82, 2.24) is 4.90 Å². The summed E-state index contributed by atoms with van der Waals surface area (Å²) in [6.07, 6.45) is 10.8. The maximum Gasteiger partial charge on any atom is 0.169 e. The summed E-state index contributed by atoms with van der Waals surface area (Å²) in [5, 5.41) is 0. The van der Waals surface area contributed by atoms with E-state index in [2.05, 4.69) is 43.3 Å². The lowest BCUT2D eigenvalue weighted by atomic mass is 9.74. The zero-order valence-corrected chi connectivity index (χ0v) is 14.3. The van der Waals surface area contributed by atoms with E-state index in [-0.39, 0.29) is 5.41 Å². The number of allylic oxidation sites excluding steroid dienone is 3. The quantitative estimate of drug-likeness (QED) is 0.590. The zero-order valence-electron chi connectivity index (χ0n) is 14.3. The third-order valence-corrected chi connectivity index (χ3v) is 5.33. The second-order valence-corrected chi connectivity index (χ2v) is 7.17. The first kappa shape index (κ1) is 16.2. The van der Waals surface area contributed by atoms with E-state index in [0.29, 0.717) is 5.78 Å². The predicted octanol–water partition coefficient (Wildman–Crippen LogP) is 4.48. The first-order valence-electron chi connectivity index (χ1n) is 8.76. The number of Topliss-reactive ketones (excluding diaryl/α,β-unsaturated/α-hetero) is 1. The molecule has 2 aliphatic carbocycles. The highest BCUT2D eigenvalue weighted by Gasteiger charge is 2.47. The van der Waals surface area contributed by atoms with E-state index < -0.39 is 0 Å². The van der Waals surface area contributed by atoms with Crippen LogP contribution in [0.1, 0.15) is 44.1 Å². The largest absolute Gasteiger partial charge is 0.309 e. The number of hydrogen-bond donors (Lipinski definition) is 0. The summed E-state index contributed by atoms with van der Waals surface area (Å²) < 4.78 is 0. The van der Waals surface area contributed by atoms with E-state index in [1.807, 2.05) is 18.2 Å². The van der Waals surface area contributed by atoms with Gasteiger partial charge in [0.05, 0.1) is 5.41 Å². The van der Waals surface area contributed by atoms with Crippen LogP contribution in [0.2, 0.25) is 0 Å². The number of benzene rings is 1. The highest BCUT2D eigenvalue weighted by atomic mass is 16.1. The number of carbonyl (C=O) groups is 1. The Morgan fingerprint density at radius 3 is 2.61 bits per heavy atom. The minimum Gasteiger partial charge on any atom is -0.309 e. The number of ketones is 1. The summed E-state index contributed by atoms with van der Waals surface area (Å²) in [7, 11) is 4.19. The zero-order chi connectivity index (χ0) is 16.3. The molecule has 0 amide bonds. The van der Waals surface area contributed by atoms with E-state index >= 15 is 0 Å². The number of rotatable bonds is 5. The second kappa shape index (κ2) is 6.84. The maximum absolute atomic E-state index is 13.3. The molecule has 0 aromatic heterocycles. The van der Waals surface area contributed by atoms with Gasteiger partial charge in [0.25, 0.3) is 0 Å². The third-order valence-electron chi connectivity index (χ3n) is 5.33. The van der Waals surface area contributed by atoms with Crippen molar-refractivity contribution >= 4 is 11.9 Å². The lowest BCUT2D eigenvalue weighted by molar-refractivity contribution is -0.121. The molecule has 1 aromatic rings. The topological polar surface area (TPSA) is 20.3 Å². The summed E-state index contributed by atoms with van der Waals surface area (Å²) in [4.78, 5) is 15.5. The molecular weight excluding hydrogens is 282 g/mol. The molecule has 0 radical (unpaired) electrons. The minimum atomic E-state index is -0.221. The fraction of sp³-hybridized carbons (Fsp3) is 0.476. The maximum atomic E-state index is 13.3. The lowest BCUT2D eigenvalue weighted by Crippen LogP contribution is -2.32. The van der Waals surface area contributed by atoms with Crippen LogP contribution in [0.15, 0.2) is 47.6 Å². The molecule has 2 heteroatoms. The van der Waals surface area contributed by atoms with Crippen molar-refractivity contribution in [1.29, 1.82) is 0 Å². The smallest absolute Gasteiger partial charge is 0.169 e. The summed E-state index contributed by atoms with van der Waals surface area (Å²) in [5.41, 5.74) is 3.35. The number of carbonyl (C=O) groups excluding carboxylic acids is 1. The van der Waals surface area contributed by atoms with Gasteiger partial charge in [-0.3, -0.25) is 4.79 Å². The summed E-state index contributed by atoms with van der Waals surface area (Å²) in [5.74, 6) is 0.386. The van der Waals surface area contributed by atoms with Gasteiger partial charge in [0.15, 0.2) is 5.78 Å². The molecule has 1 fully saturated rings.